The molecule has 0 heterocycles. The summed E-state index contributed by atoms with van der Waals surface area (Å²) in [6.07, 6.45) is 0.862. The molecule has 0 aromatic carbocycles. The number of rotatable bonds is 3. The Labute approximate surface area is 103 Å². The zero-order valence-corrected chi connectivity index (χ0v) is 11.5. The van der Waals surface area contributed by atoms with Crippen molar-refractivity contribution in [3.63, 3.8) is 0 Å². The third kappa shape index (κ3) is 3.89. The van der Waals surface area contributed by atoms with Crippen LogP contribution in [-0.2, 0) is 10.0 Å². The minimum Gasteiger partial charge on any atom is -0.327 e. The smallest absolute Gasteiger partial charge is 0.216 e. The van der Waals surface area contributed by atoms with Crippen LogP contribution >= 0.6 is 0 Å². The molecule has 0 amide bonds. The van der Waals surface area contributed by atoms with Gasteiger partial charge in [0.15, 0.2) is 0 Å². The van der Waals surface area contributed by atoms with Crippen molar-refractivity contribution < 1.29 is 8.42 Å². The minimum absolute atomic E-state index is 0.146. The fraction of sp³-hybridized carbons (Fsp3) is 1.00. The largest absolute Gasteiger partial charge is 0.327 e. The van der Waals surface area contributed by atoms with Crippen LogP contribution in [0.5, 0.6) is 0 Å². The lowest BCUT2D eigenvalue weighted by molar-refractivity contribution is 0.285. The van der Waals surface area contributed by atoms with Crippen LogP contribution in [0.2, 0.25) is 0 Å². The highest BCUT2D eigenvalue weighted by Gasteiger charge is 2.39. The molecule has 0 bridgehead atoms. The Kier molecular flexibility index (Phi) is 4.20. The standard InChI is InChI=1S/C10H24N4O2S/c1-6-8(11)4-7(5-9(6)12)17(15,16)14-10(2,3)13/h6-9,14H,4-5,11-13H2,1-3H3. The fourth-order valence-corrected chi connectivity index (χ4v) is 4.00. The third-order valence-corrected chi connectivity index (χ3v) is 5.34. The van der Waals surface area contributed by atoms with Gasteiger partial charge in [0, 0.05) is 12.1 Å². The molecule has 0 aromatic rings. The van der Waals surface area contributed by atoms with Gasteiger partial charge in [0.25, 0.3) is 0 Å². The van der Waals surface area contributed by atoms with Crippen molar-refractivity contribution in [1.82, 2.24) is 4.72 Å². The molecule has 102 valence electrons. The first-order valence-corrected chi connectivity index (χ1v) is 7.40. The van der Waals surface area contributed by atoms with Gasteiger partial charge in [0.2, 0.25) is 10.0 Å². The average molecular weight is 264 g/mol. The molecule has 1 fully saturated rings. The number of sulfonamides is 1. The number of hydrogen-bond donors (Lipinski definition) is 4. The molecule has 0 spiro atoms. The molecule has 0 radical (unpaired) electrons. The second-order valence-corrected chi connectivity index (χ2v) is 7.61. The van der Waals surface area contributed by atoms with Crippen molar-refractivity contribution in [3.05, 3.63) is 0 Å². The van der Waals surface area contributed by atoms with Gasteiger partial charge < -0.3 is 17.2 Å². The second kappa shape index (κ2) is 4.81. The number of hydrogen-bond acceptors (Lipinski definition) is 5. The van der Waals surface area contributed by atoms with E-state index >= 15 is 0 Å². The van der Waals surface area contributed by atoms with Crippen molar-refractivity contribution in [2.75, 3.05) is 0 Å². The van der Waals surface area contributed by atoms with Crippen LogP contribution in [0.3, 0.4) is 0 Å². The van der Waals surface area contributed by atoms with Crippen LogP contribution in [0, 0.1) is 5.92 Å². The predicted octanol–water partition coefficient (Wildman–Crippen LogP) is -0.946. The first kappa shape index (κ1) is 14.8. The zero-order chi connectivity index (χ0) is 13.4. The first-order chi connectivity index (χ1) is 7.53. The highest BCUT2D eigenvalue weighted by atomic mass is 32.2. The van der Waals surface area contributed by atoms with Gasteiger partial charge in [-0.25, -0.2) is 8.42 Å². The molecule has 0 aliphatic heterocycles. The van der Waals surface area contributed by atoms with Gasteiger partial charge in [0.1, 0.15) is 0 Å². The lowest BCUT2D eigenvalue weighted by Gasteiger charge is -2.37. The Hall–Kier alpha value is -0.210. The van der Waals surface area contributed by atoms with E-state index in [4.69, 9.17) is 17.2 Å². The summed E-state index contributed by atoms with van der Waals surface area (Å²) in [6.45, 7) is 5.17. The van der Waals surface area contributed by atoms with E-state index in [0.29, 0.717) is 12.8 Å². The predicted molar refractivity (Wildman–Crippen MR) is 68.5 cm³/mol. The maximum atomic E-state index is 12.1. The molecule has 2 unspecified atom stereocenters. The van der Waals surface area contributed by atoms with Crippen molar-refractivity contribution in [2.45, 2.75) is 56.6 Å². The normalized spacial score (nSPS) is 35.9. The van der Waals surface area contributed by atoms with Gasteiger partial charge in [-0.1, -0.05) is 6.92 Å². The highest BCUT2D eigenvalue weighted by Crippen LogP contribution is 2.26. The van der Waals surface area contributed by atoms with Crippen LogP contribution < -0.4 is 21.9 Å². The number of nitrogens with two attached hydrogens (primary N) is 3. The van der Waals surface area contributed by atoms with Crippen molar-refractivity contribution in [2.24, 2.45) is 23.1 Å². The van der Waals surface area contributed by atoms with Crippen LogP contribution in [0.25, 0.3) is 0 Å². The number of nitrogens with one attached hydrogen (secondary N) is 1. The quantitative estimate of drug-likeness (QED) is 0.489. The summed E-state index contributed by atoms with van der Waals surface area (Å²) in [7, 11) is -3.47. The minimum atomic E-state index is -3.47. The summed E-state index contributed by atoms with van der Waals surface area (Å²) in [6, 6.07) is -0.359. The molecule has 1 aliphatic carbocycles. The Morgan fingerprint density at radius 1 is 1.18 bits per heavy atom. The average Bonchev–Trinajstić information content (AvgIpc) is 2.09. The Morgan fingerprint density at radius 3 is 1.94 bits per heavy atom. The van der Waals surface area contributed by atoms with E-state index in [2.05, 4.69) is 4.72 Å². The van der Waals surface area contributed by atoms with Crippen LogP contribution in [0.15, 0.2) is 0 Å². The van der Waals surface area contributed by atoms with Gasteiger partial charge >= 0.3 is 0 Å². The molecule has 0 aromatic heterocycles. The molecule has 0 saturated heterocycles. The summed E-state index contributed by atoms with van der Waals surface area (Å²) in [5, 5.41) is -0.550. The molecule has 7 heteroatoms. The van der Waals surface area contributed by atoms with Gasteiger partial charge in [-0.3, -0.25) is 0 Å². The monoisotopic (exact) mass is 264 g/mol. The molecule has 1 aliphatic rings. The van der Waals surface area contributed by atoms with E-state index in [-0.39, 0.29) is 18.0 Å². The Bertz CT molecular complexity index is 351. The zero-order valence-electron chi connectivity index (χ0n) is 10.7. The lowest BCUT2D eigenvalue weighted by Crippen LogP contribution is -2.57. The molecule has 1 rings (SSSR count). The third-order valence-electron chi connectivity index (χ3n) is 3.26. The molecular formula is C10H24N4O2S. The summed E-state index contributed by atoms with van der Waals surface area (Å²) < 4.78 is 26.7. The van der Waals surface area contributed by atoms with Crippen molar-refractivity contribution >= 4 is 10.0 Å². The summed E-state index contributed by atoms with van der Waals surface area (Å²) >= 11 is 0. The molecule has 17 heavy (non-hydrogen) atoms. The van der Waals surface area contributed by atoms with E-state index in [1.54, 1.807) is 13.8 Å². The Morgan fingerprint density at radius 2 is 1.59 bits per heavy atom. The molecule has 1 saturated carbocycles. The van der Waals surface area contributed by atoms with E-state index in [0.717, 1.165) is 0 Å². The van der Waals surface area contributed by atoms with Crippen LogP contribution in [0.4, 0.5) is 0 Å². The summed E-state index contributed by atoms with van der Waals surface area (Å²) in [5.74, 6) is 0.146. The van der Waals surface area contributed by atoms with E-state index < -0.39 is 20.9 Å². The van der Waals surface area contributed by atoms with Gasteiger partial charge in [-0.2, -0.15) is 4.72 Å². The highest BCUT2D eigenvalue weighted by molar-refractivity contribution is 7.90. The summed E-state index contributed by atoms with van der Waals surface area (Å²) in [5.41, 5.74) is 16.5. The fourth-order valence-electron chi connectivity index (χ4n) is 2.15. The Balaban J connectivity index is 2.80. The van der Waals surface area contributed by atoms with Crippen molar-refractivity contribution in [3.8, 4) is 0 Å². The molecular weight excluding hydrogens is 240 g/mol. The van der Waals surface area contributed by atoms with E-state index in [9.17, 15) is 8.42 Å². The summed E-state index contributed by atoms with van der Waals surface area (Å²) in [4.78, 5) is 0. The second-order valence-electron chi connectivity index (χ2n) is 5.65. The van der Waals surface area contributed by atoms with E-state index in [1.165, 1.54) is 0 Å². The molecule has 2 atom stereocenters. The maximum absolute atomic E-state index is 12.1. The molecule has 6 nitrogen and oxygen atoms in total. The SMILES string of the molecule is CC1C(N)CC(S(=O)(=O)NC(C)(C)N)CC1N. The first-order valence-electron chi connectivity index (χ1n) is 5.86. The van der Waals surface area contributed by atoms with Crippen molar-refractivity contribution in [1.29, 1.82) is 0 Å². The van der Waals surface area contributed by atoms with Gasteiger partial charge in [-0.15, -0.1) is 0 Å². The van der Waals surface area contributed by atoms with Crippen LogP contribution in [0.1, 0.15) is 33.6 Å². The van der Waals surface area contributed by atoms with Crippen LogP contribution in [-0.4, -0.2) is 31.4 Å². The van der Waals surface area contributed by atoms with Gasteiger partial charge in [-0.05, 0) is 32.6 Å². The molecule has 7 N–H and O–H groups in total. The van der Waals surface area contributed by atoms with E-state index in [1.807, 2.05) is 6.92 Å². The topological polar surface area (TPSA) is 124 Å². The maximum Gasteiger partial charge on any atom is 0.216 e. The lowest BCUT2D eigenvalue weighted by atomic mass is 9.82. The van der Waals surface area contributed by atoms with Gasteiger partial charge in [0.05, 0.1) is 10.9 Å².